The molecule has 7 nitrogen and oxygen atoms in total. The van der Waals surface area contributed by atoms with E-state index in [0.717, 1.165) is 64.7 Å². The van der Waals surface area contributed by atoms with Gasteiger partial charge < -0.3 is 18.8 Å². The first kappa shape index (κ1) is 28.7. The van der Waals surface area contributed by atoms with Gasteiger partial charge in [-0.25, -0.2) is 4.98 Å². The van der Waals surface area contributed by atoms with E-state index >= 15 is 0 Å². The number of aromatic nitrogens is 2. The van der Waals surface area contributed by atoms with Crippen LogP contribution in [0.3, 0.4) is 0 Å². The average Bonchev–Trinajstić information content (AvgIpc) is 3.30. The molecule has 0 amide bonds. The molecule has 3 aromatic carbocycles. The Balaban J connectivity index is 1.48. The number of rotatable bonds is 12. The summed E-state index contributed by atoms with van der Waals surface area (Å²) in [5, 5.41) is 0.520. The van der Waals surface area contributed by atoms with E-state index in [1.807, 2.05) is 36.4 Å². The number of hydrogen-bond acceptors (Lipinski definition) is 6. The van der Waals surface area contributed by atoms with E-state index in [2.05, 4.69) is 52.8 Å². The Labute approximate surface area is 246 Å². The highest BCUT2D eigenvalue weighted by molar-refractivity contribution is 6.30. The number of unbranched alkanes of at least 4 members (excludes halogenated alkanes) is 1. The molecule has 0 saturated carbocycles. The highest BCUT2D eigenvalue weighted by atomic mass is 35.5. The third-order valence-corrected chi connectivity index (χ3v) is 7.45. The largest absolute Gasteiger partial charge is 0.486 e. The zero-order chi connectivity index (χ0) is 28.6. The van der Waals surface area contributed by atoms with Crippen LogP contribution in [0, 0.1) is 0 Å². The molecule has 0 atom stereocenters. The van der Waals surface area contributed by atoms with Crippen LogP contribution in [-0.4, -0.2) is 40.7 Å². The van der Waals surface area contributed by atoms with Crippen molar-refractivity contribution >= 4 is 17.6 Å². The normalized spacial score (nSPS) is 12.5. The summed E-state index contributed by atoms with van der Waals surface area (Å²) in [6, 6.07) is 24.4. The molecule has 0 aliphatic carbocycles. The molecule has 41 heavy (non-hydrogen) atoms. The van der Waals surface area contributed by atoms with Gasteiger partial charge in [-0.05, 0) is 35.2 Å². The summed E-state index contributed by atoms with van der Waals surface area (Å²) in [7, 11) is 1.41. The first-order valence-electron chi connectivity index (χ1n) is 14.1. The van der Waals surface area contributed by atoms with Gasteiger partial charge in [-0.2, -0.15) is 0 Å². The number of esters is 1. The molecule has 5 rings (SSSR count). The molecule has 0 bridgehead atoms. The summed E-state index contributed by atoms with van der Waals surface area (Å²) >= 11 is 6.88. The molecule has 1 aromatic heterocycles. The predicted octanol–water partition coefficient (Wildman–Crippen LogP) is 6.69. The molecule has 0 radical (unpaired) electrons. The number of carbonyl (C=O) groups is 1. The Morgan fingerprint density at radius 2 is 1.66 bits per heavy atom. The van der Waals surface area contributed by atoms with Crippen LogP contribution in [0.15, 0.2) is 72.8 Å². The van der Waals surface area contributed by atoms with Gasteiger partial charge in [0.1, 0.15) is 19.0 Å². The third-order valence-electron chi connectivity index (χ3n) is 7.15. The Morgan fingerprint density at radius 3 is 2.41 bits per heavy atom. The Bertz CT molecular complexity index is 1470. The van der Waals surface area contributed by atoms with Crippen LogP contribution in [0.25, 0.3) is 11.4 Å². The minimum Gasteiger partial charge on any atom is -0.486 e. The fourth-order valence-corrected chi connectivity index (χ4v) is 5.37. The van der Waals surface area contributed by atoms with Gasteiger partial charge in [0.2, 0.25) is 0 Å². The average molecular weight is 574 g/mol. The van der Waals surface area contributed by atoms with Gasteiger partial charge >= 0.3 is 5.97 Å². The van der Waals surface area contributed by atoms with E-state index in [1.165, 1.54) is 7.11 Å². The van der Waals surface area contributed by atoms with Crippen molar-refractivity contribution in [1.82, 2.24) is 14.5 Å². The van der Waals surface area contributed by atoms with E-state index in [9.17, 15) is 4.79 Å². The number of hydrogen-bond donors (Lipinski definition) is 0. The summed E-state index contributed by atoms with van der Waals surface area (Å²) < 4.78 is 18.7. The SMILES string of the molecule is CCCCn1c(-c2ccccc2)nc(Cl)c1CN(Cc1cccc(CC(=O)OC)c1)Cc1ccc2c(c1)OCCO2. The fraction of sp³-hybridized carbons (Fsp3) is 0.333. The molecule has 4 aromatic rings. The maximum atomic E-state index is 11.9. The highest BCUT2D eigenvalue weighted by Gasteiger charge is 2.21. The first-order valence-corrected chi connectivity index (χ1v) is 14.5. The van der Waals surface area contributed by atoms with Gasteiger partial charge in [-0.15, -0.1) is 0 Å². The Morgan fingerprint density at radius 1 is 0.927 bits per heavy atom. The number of methoxy groups -OCH3 is 1. The smallest absolute Gasteiger partial charge is 0.309 e. The van der Waals surface area contributed by atoms with Crippen molar-refractivity contribution in [3.05, 3.63) is 100 Å². The minimum atomic E-state index is -0.254. The molecular formula is C33H36ClN3O4. The highest BCUT2D eigenvalue weighted by Crippen LogP contribution is 2.32. The molecular weight excluding hydrogens is 538 g/mol. The number of halogens is 1. The van der Waals surface area contributed by atoms with Gasteiger partial charge in [0.05, 0.1) is 19.2 Å². The van der Waals surface area contributed by atoms with Gasteiger partial charge in [-0.3, -0.25) is 9.69 Å². The lowest BCUT2D eigenvalue weighted by Crippen LogP contribution is -2.25. The van der Waals surface area contributed by atoms with Crippen LogP contribution >= 0.6 is 11.6 Å². The van der Waals surface area contributed by atoms with Crippen molar-refractivity contribution in [3.63, 3.8) is 0 Å². The van der Waals surface area contributed by atoms with Gasteiger partial charge in [-0.1, -0.05) is 85.6 Å². The zero-order valence-electron chi connectivity index (χ0n) is 23.6. The lowest BCUT2D eigenvalue weighted by molar-refractivity contribution is -0.139. The van der Waals surface area contributed by atoms with Crippen LogP contribution in [0.1, 0.15) is 42.1 Å². The second-order valence-electron chi connectivity index (χ2n) is 10.2. The lowest BCUT2D eigenvalue weighted by Gasteiger charge is -2.25. The predicted molar refractivity (Wildman–Crippen MR) is 160 cm³/mol. The molecule has 1 aliphatic rings. The number of benzene rings is 3. The van der Waals surface area contributed by atoms with Gasteiger partial charge in [0.15, 0.2) is 16.7 Å². The molecule has 8 heteroatoms. The number of fused-ring (bicyclic) bond motifs is 1. The Kier molecular flexibility index (Phi) is 9.59. The van der Waals surface area contributed by atoms with E-state index in [-0.39, 0.29) is 12.4 Å². The molecule has 214 valence electrons. The molecule has 0 spiro atoms. The lowest BCUT2D eigenvalue weighted by atomic mass is 10.1. The second kappa shape index (κ2) is 13.7. The number of ether oxygens (including phenoxy) is 3. The number of nitrogens with zero attached hydrogens (tertiary/aromatic N) is 3. The molecule has 0 saturated heterocycles. The van der Waals surface area contributed by atoms with Crippen molar-refractivity contribution in [2.75, 3.05) is 20.3 Å². The summed E-state index contributed by atoms with van der Waals surface area (Å²) in [5.74, 6) is 2.18. The van der Waals surface area contributed by atoms with E-state index < -0.39 is 0 Å². The second-order valence-corrected chi connectivity index (χ2v) is 10.6. The van der Waals surface area contributed by atoms with Gasteiger partial charge in [0.25, 0.3) is 0 Å². The topological polar surface area (TPSA) is 65.8 Å². The molecule has 1 aliphatic heterocycles. The van der Waals surface area contributed by atoms with E-state index in [0.29, 0.717) is 38.0 Å². The standard InChI is InChI=1S/C33H36ClN3O4/c1-3-4-15-37-28(32(34)35-33(37)27-11-6-5-7-12-27)23-36(21-25-10-8-9-24(18-25)20-31(38)39-2)22-26-13-14-29-30(19-26)41-17-16-40-29/h5-14,18-19H,3-4,15-17,20-23H2,1-2H3. The maximum Gasteiger partial charge on any atom is 0.309 e. The summed E-state index contributed by atoms with van der Waals surface area (Å²) in [6.07, 6.45) is 2.33. The van der Waals surface area contributed by atoms with Crippen molar-refractivity contribution in [2.24, 2.45) is 0 Å². The van der Waals surface area contributed by atoms with E-state index in [4.69, 9.17) is 30.8 Å². The van der Waals surface area contributed by atoms with Crippen molar-refractivity contribution in [3.8, 4) is 22.9 Å². The minimum absolute atomic E-state index is 0.239. The molecule has 0 unspecified atom stereocenters. The molecule has 2 heterocycles. The third kappa shape index (κ3) is 7.29. The summed E-state index contributed by atoms with van der Waals surface area (Å²) in [4.78, 5) is 19.1. The quantitative estimate of drug-likeness (QED) is 0.176. The number of carbonyl (C=O) groups excluding carboxylic acids is 1. The van der Waals surface area contributed by atoms with Crippen LogP contribution in [-0.2, 0) is 42.1 Å². The maximum absolute atomic E-state index is 11.9. The Hall–Kier alpha value is -3.81. The van der Waals surface area contributed by atoms with Crippen molar-refractivity contribution < 1.29 is 19.0 Å². The summed E-state index contributed by atoms with van der Waals surface area (Å²) in [6.45, 7) is 6.04. The molecule has 0 N–H and O–H groups in total. The van der Waals surface area contributed by atoms with Crippen LogP contribution in [0.5, 0.6) is 11.5 Å². The van der Waals surface area contributed by atoms with Crippen LogP contribution < -0.4 is 9.47 Å². The van der Waals surface area contributed by atoms with Crippen LogP contribution in [0.4, 0.5) is 0 Å². The van der Waals surface area contributed by atoms with E-state index in [1.54, 1.807) is 0 Å². The zero-order valence-corrected chi connectivity index (χ0v) is 24.4. The van der Waals surface area contributed by atoms with Crippen molar-refractivity contribution in [1.29, 1.82) is 0 Å². The number of imidazole rings is 1. The molecule has 0 fully saturated rings. The fourth-order valence-electron chi connectivity index (χ4n) is 5.13. The monoisotopic (exact) mass is 573 g/mol. The van der Waals surface area contributed by atoms with Gasteiger partial charge in [0, 0.05) is 31.7 Å². The van der Waals surface area contributed by atoms with Crippen molar-refractivity contribution in [2.45, 2.75) is 52.4 Å². The first-order chi connectivity index (χ1) is 20.0. The van der Waals surface area contributed by atoms with Crippen LogP contribution in [0.2, 0.25) is 5.15 Å². The summed E-state index contributed by atoms with van der Waals surface area (Å²) in [5.41, 5.74) is 5.17.